The van der Waals surface area contributed by atoms with Gasteiger partial charge in [0, 0.05) is 19.6 Å². The van der Waals surface area contributed by atoms with Crippen molar-refractivity contribution in [2.75, 3.05) is 20.8 Å². The Morgan fingerprint density at radius 1 is 1.00 bits per heavy atom. The number of aryl methyl sites for hydroxylation is 2. The molecule has 0 bridgehead atoms. The molecule has 2 aromatic rings. The van der Waals surface area contributed by atoms with Crippen molar-refractivity contribution in [1.82, 2.24) is 4.90 Å². The highest BCUT2D eigenvalue weighted by Crippen LogP contribution is 2.34. The van der Waals surface area contributed by atoms with Gasteiger partial charge in [-0.05, 0) is 65.8 Å². The minimum atomic E-state index is 0.407. The van der Waals surface area contributed by atoms with Crippen LogP contribution in [-0.2, 0) is 25.9 Å². The van der Waals surface area contributed by atoms with E-state index in [-0.39, 0.29) is 0 Å². The standard InChI is InChI=1S/C21H27NO3/c1-5-15-9-17(14(2)8-19(15)23)12-22-7-6-16-10-20(24-3)21(25-4)11-18(16)13-22/h8-11,23H,5-7,12-13H2,1-4H3. The third-order valence-electron chi connectivity index (χ3n) is 5.11. The highest BCUT2D eigenvalue weighted by Gasteiger charge is 2.20. The predicted octanol–water partition coefficient (Wildman–Crippen LogP) is 3.84. The molecule has 0 atom stereocenters. The Balaban J connectivity index is 1.81. The first-order chi connectivity index (χ1) is 12.0. The van der Waals surface area contributed by atoms with Gasteiger partial charge in [-0.25, -0.2) is 0 Å². The van der Waals surface area contributed by atoms with Gasteiger partial charge in [-0.3, -0.25) is 4.90 Å². The van der Waals surface area contributed by atoms with Gasteiger partial charge < -0.3 is 14.6 Å². The molecule has 1 aliphatic rings. The zero-order valence-electron chi connectivity index (χ0n) is 15.6. The molecule has 3 rings (SSSR count). The number of benzene rings is 2. The van der Waals surface area contributed by atoms with Crippen LogP contribution < -0.4 is 9.47 Å². The summed E-state index contributed by atoms with van der Waals surface area (Å²) in [6, 6.07) is 8.24. The number of nitrogens with zero attached hydrogens (tertiary/aromatic N) is 1. The van der Waals surface area contributed by atoms with Gasteiger partial charge >= 0.3 is 0 Å². The molecule has 0 spiro atoms. The molecule has 0 aromatic heterocycles. The summed E-state index contributed by atoms with van der Waals surface area (Å²) in [5.74, 6) is 2.00. The number of fused-ring (bicyclic) bond motifs is 1. The molecular weight excluding hydrogens is 314 g/mol. The van der Waals surface area contributed by atoms with Gasteiger partial charge in [0.1, 0.15) is 5.75 Å². The summed E-state index contributed by atoms with van der Waals surface area (Å²) < 4.78 is 10.9. The monoisotopic (exact) mass is 341 g/mol. The van der Waals surface area contributed by atoms with E-state index in [2.05, 4.69) is 36.9 Å². The molecule has 1 N–H and O–H groups in total. The zero-order chi connectivity index (χ0) is 18.0. The van der Waals surface area contributed by atoms with Crippen molar-refractivity contribution in [3.05, 3.63) is 52.1 Å². The molecule has 134 valence electrons. The fraction of sp³-hybridized carbons (Fsp3) is 0.429. The largest absolute Gasteiger partial charge is 0.508 e. The first kappa shape index (κ1) is 17.6. The lowest BCUT2D eigenvalue weighted by Crippen LogP contribution is -2.30. The van der Waals surface area contributed by atoms with Crippen LogP contribution in [0.3, 0.4) is 0 Å². The fourth-order valence-electron chi connectivity index (χ4n) is 3.56. The number of hydrogen-bond donors (Lipinski definition) is 1. The minimum absolute atomic E-state index is 0.407. The number of rotatable bonds is 5. The van der Waals surface area contributed by atoms with Gasteiger partial charge in [-0.15, -0.1) is 0 Å². The predicted molar refractivity (Wildman–Crippen MR) is 99.6 cm³/mol. The summed E-state index contributed by atoms with van der Waals surface area (Å²) in [5.41, 5.74) is 6.09. The maximum Gasteiger partial charge on any atom is 0.161 e. The van der Waals surface area contributed by atoms with Crippen molar-refractivity contribution in [3.8, 4) is 17.2 Å². The maximum absolute atomic E-state index is 10.0. The fourth-order valence-corrected chi connectivity index (χ4v) is 3.56. The average molecular weight is 341 g/mol. The Hall–Kier alpha value is -2.20. The van der Waals surface area contributed by atoms with Crippen LogP contribution in [0.4, 0.5) is 0 Å². The van der Waals surface area contributed by atoms with Crippen LogP contribution in [0.5, 0.6) is 17.2 Å². The molecule has 0 fully saturated rings. The molecule has 25 heavy (non-hydrogen) atoms. The van der Waals surface area contributed by atoms with E-state index in [9.17, 15) is 5.11 Å². The molecular formula is C21H27NO3. The molecule has 1 aliphatic heterocycles. The van der Waals surface area contributed by atoms with Gasteiger partial charge in [0.15, 0.2) is 11.5 Å². The Labute approximate surface area is 150 Å². The van der Waals surface area contributed by atoms with Crippen LogP contribution >= 0.6 is 0 Å². The van der Waals surface area contributed by atoms with Crippen LogP contribution in [0.25, 0.3) is 0 Å². The van der Waals surface area contributed by atoms with E-state index in [1.165, 1.54) is 16.7 Å². The van der Waals surface area contributed by atoms with Gasteiger partial charge in [-0.2, -0.15) is 0 Å². The molecule has 0 unspecified atom stereocenters. The van der Waals surface area contributed by atoms with E-state index in [4.69, 9.17) is 9.47 Å². The topological polar surface area (TPSA) is 41.9 Å². The molecule has 1 heterocycles. The lowest BCUT2D eigenvalue weighted by molar-refractivity contribution is 0.243. The number of aromatic hydroxyl groups is 1. The summed E-state index contributed by atoms with van der Waals surface area (Å²) in [6.45, 7) is 6.96. The summed E-state index contributed by atoms with van der Waals surface area (Å²) in [6.07, 6.45) is 1.85. The molecule has 0 radical (unpaired) electrons. The molecule has 0 aliphatic carbocycles. The van der Waals surface area contributed by atoms with Gasteiger partial charge in [-0.1, -0.05) is 13.0 Å². The van der Waals surface area contributed by atoms with Gasteiger partial charge in [0.25, 0.3) is 0 Å². The third-order valence-corrected chi connectivity index (χ3v) is 5.11. The van der Waals surface area contributed by atoms with Gasteiger partial charge in [0.2, 0.25) is 0 Å². The second-order valence-electron chi connectivity index (χ2n) is 6.70. The second kappa shape index (κ2) is 7.36. The lowest BCUT2D eigenvalue weighted by Gasteiger charge is -2.30. The summed E-state index contributed by atoms with van der Waals surface area (Å²) in [4.78, 5) is 2.45. The van der Waals surface area contributed by atoms with Crippen LogP contribution in [0, 0.1) is 6.92 Å². The summed E-state index contributed by atoms with van der Waals surface area (Å²) >= 11 is 0. The SMILES string of the molecule is CCc1cc(CN2CCc3cc(OC)c(OC)cc3C2)c(C)cc1O. The lowest BCUT2D eigenvalue weighted by atomic mass is 9.97. The number of ether oxygens (including phenoxy) is 2. The Morgan fingerprint density at radius 2 is 1.68 bits per heavy atom. The van der Waals surface area contributed by atoms with E-state index in [0.29, 0.717) is 5.75 Å². The van der Waals surface area contributed by atoms with E-state index in [1.807, 2.05) is 6.07 Å². The average Bonchev–Trinajstić information content (AvgIpc) is 2.62. The van der Waals surface area contributed by atoms with E-state index in [1.54, 1.807) is 14.2 Å². The smallest absolute Gasteiger partial charge is 0.161 e. The van der Waals surface area contributed by atoms with Crippen molar-refractivity contribution in [1.29, 1.82) is 0 Å². The quantitative estimate of drug-likeness (QED) is 0.897. The molecule has 4 nitrogen and oxygen atoms in total. The van der Waals surface area contributed by atoms with Crippen LogP contribution in [0.15, 0.2) is 24.3 Å². The Kier molecular flexibility index (Phi) is 5.19. The molecule has 0 saturated heterocycles. The number of methoxy groups -OCH3 is 2. The highest BCUT2D eigenvalue weighted by molar-refractivity contribution is 5.48. The van der Waals surface area contributed by atoms with Crippen molar-refractivity contribution < 1.29 is 14.6 Å². The second-order valence-corrected chi connectivity index (χ2v) is 6.70. The Bertz CT molecular complexity index is 770. The van der Waals surface area contributed by atoms with E-state index in [0.717, 1.165) is 55.1 Å². The van der Waals surface area contributed by atoms with Crippen molar-refractivity contribution in [3.63, 3.8) is 0 Å². The first-order valence-electron chi connectivity index (χ1n) is 8.83. The minimum Gasteiger partial charge on any atom is -0.508 e. The number of phenolic OH excluding ortho intramolecular Hbond substituents is 1. The van der Waals surface area contributed by atoms with Crippen LogP contribution in [0.2, 0.25) is 0 Å². The highest BCUT2D eigenvalue weighted by atomic mass is 16.5. The molecule has 0 amide bonds. The molecule has 0 saturated carbocycles. The maximum atomic E-state index is 10.0. The molecule has 2 aromatic carbocycles. The Morgan fingerprint density at radius 3 is 2.32 bits per heavy atom. The normalized spacial score (nSPS) is 14.2. The summed E-state index contributed by atoms with van der Waals surface area (Å²) in [7, 11) is 3.36. The van der Waals surface area contributed by atoms with Crippen molar-refractivity contribution >= 4 is 0 Å². The van der Waals surface area contributed by atoms with Crippen molar-refractivity contribution in [2.24, 2.45) is 0 Å². The summed E-state index contributed by atoms with van der Waals surface area (Å²) in [5, 5.41) is 10.0. The van der Waals surface area contributed by atoms with Crippen LogP contribution in [-0.4, -0.2) is 30.8 Å². The van der Waals surface area contributed by atoms with Gasteiger partial charge in [0.05, 0.1) is 14.2 Å². The number of phenols is 1. The molecule has 4 heteroatoms. The first-order valence-corrected chi connectivity index (χ1v) is 8.83. The van der Waals surface area contributed by atoms with E-state index < -0.39 is 0 Å². The third kappa shape index (κ3) is 3.59. The van der Waals surface area contributed by atoms with E-state index >= 15 is 0 Å². The van der Waals surface area contributed by atoms with Crippen molar-refractivity contribution in [2.45, 2.75) is 39.8 Å². The van der Waals surface area contributed by atoms with Crippen LogP contribution in [0.1, 0.15) is 34.7 Å². The number of hydrogen-bond acceptors (Lipinski definition) is 4. The zero-order valence-corrected chi connectivity index (χ0v) is 15.6.